The number of carbonyl (C=O) groups is 1. The van der Waals surface area contributed by atoms with E-state index < -0.39 is 23.4 Å². The van der Waals surface area contributed by atoms with E-state index in [1.165, 1.54) is 0 Å². The Morgan fingerprint density at radius 2 is 1.52 bits per heavy atom. The van der Waals surface area contributed by atoms with Crippen LogP contribution >= 0.6 is 11.6 Å². The molecule has 0 aliphatic heterocycles. The molecule has 2 aromatic carbocycles. The molecule has 0 saturated heterocycles. The zero-order chi connectivity index (χ0) is 15.4. The third-order valence-electron chi connectivity index (χ3n) is 2.88. The van der Waals surface area contributed by atoms with Gasteiger partial charge in [0.2, 0.25) is 0 Å². The van der Waals surface area contributed by atoms with Crippen LogP contribution in [0.15, 0.2) is 36.4 Å². The molecule has 1 amide bonds. The summed E-state index contributed by atoms with van der Waals surface area (Å²) in [4.78, 5) is 11.8. The summed E-state index contributed by atoms with van der Waals surface area (Å²) in [7, 11) is 0. The first-order valence-corrected chi connectivity index (χ1v) is 6.61. The second-order valence-corrected chi connectivity index (χ2v) is 4.65. The number of hydrogen-bond acceptors (Lipinski definition) is 1. The Bertz CT molecular complexity index is 635. The van der Waals surface area contributed by atoms with Gasteiger partial charge in [0.25, 0.3) is 5.91 Å². The van der Waals surface area contributed by atoms with Crippen molar-refractivity contribution in [3.05, 3.63) is 70.5 Å². The van der Waals surface area contributed by atoms with Crippen molar-refractivity contribution in [3.63, 3.8) is 0 Å². The first kappa shape index (κ1) is 15.4. The van der Waals surface area contributed by atoms with Gasteiger partial charge in [-0.25, -0.2) is 13.2 Å². The fourth-order valence-corrected chi connectivity index (χ4v) is 1.90. The van der Waals surface area contributed by atoms with Crippen molar-refractivity contribution in [2.24, 2.45) is 0 Å². The average Bonchev–Trinajstić information content (AvgIpc) is 2.50. The van der Waals surface area contributed by atoms with Crippen LogP contribution in [0.4, 0.5) is 13.2 Å². The van der Waals surface area contributed by atoms with Gasteiger partial charge in [0, 0.05) is 18.0 Å². The first-order chi connectivity index (χ1) is 10.0. The summed E-state index contributed by atoms with van der Waals surface area (Å²) in [6, 6.07) is 8.50. The van der Waals surface area contributed by atoms with Gasteiger partial charge < -0.3 is 5.32 Å². The van der Waals surface area contributed by atoms with E-state index in [-0.39, 0.29) is 12.1 Å². The van der Waals surface area contributed by atoms with Gasteiger partial charge in [-0.3, -0.25) is 4.79 Å². The monoisotopic (exact) mass is 313 g/mol. The van der Waals surface area contributed by atoms with Crippen molar-refractivity contribution in [1.29, 1.82) is 0 Å². The van der Waals surface area contributed by atoms with Crippen LogP contribution in [0.25, 0.3) is 0 Å². The predicted octanol–water partition coefficient (Wildman–Crippen LogP) is 3.77. The molecule has 0 bridgehead atoms. The van der Waals surface area contributed by atoms with Crippen molar-refractivity contribution in [2.75, 3.05) is 0 Å². The fraction of sp³-hybridized carbons (Fsp3) is 0.133. The second kappa shape index (κ2) is 6.63. The summed E-state index contributed by atoms with van der Waals surface area (Å²) in [5.41, 5.74) is 1.47. The highest BCUT2D eigenvalue weighted by atomic mass is 35.5. The molecular weight excluding hydrogens is 303 g/mol. The van der Waals surface area contributed by atoms with Crippen molar-refractivity contribution >= 4 is 17.5 Å². The second-order valence-electron chi connectivity index (χ2n) is 4.39. The first-order valence-electron chi connectivity index (χ1n) is 6.08. The SMILES string of the molecule is O=C(NCc1ccc(CCl)cc1)c1cc(F)c(F)c(F)c1. The minimum absolute atomic E-state index is 0.183. The number of halogens is 4. The largest absolute Gasteiger partial charge is 0.348 e. The van der Waals surface area contributed by atoms with Gasteiger partial charge in [0.05, 0.1) is 0 Å². The molecule has 0 unspecified atom stereocenters. The number of nitrogens with one attached hydrogen (secondary N) is 1. The van der Waals surface area contributed by atoms with Crippen molar-refractivity contribution in [1.82, 2.24) is 5.32 Å². The Morgan fingerprint density at radius 3 is 2.05 bits per heavy atom. The summed E-state index contributed by atoms with van der Waals surface area (Å²) < 4.78 is 38.9. The Kier molecular flexibility index (Phi) is 4.85. The molecule has 21 heavy (non-hydrogen) atoms. The predicted molar refractivity (Wildman–Crippen MR) is 73.5 cm³/mol. The Balaban J connectivity index is 2.04. The van der Waals surface area contributed by atoms with E-state index in [0.29, 0.717) is 18.0 Å². The molecule has 110 valence electrons. The topological polar surface area (TPSA) is 29.1 Å². The number of amides is 1. The molecule has 0 fully saturated rings. The fourth-order valence-electron chi connectivity index (χ4n) is 1.72. The van der Waals surface area contributed by atoms with Crippen molar-refractivity contribution in [3.8, 4) is 0 Å². The van der Waals surface area contributed by atoms with Crippen LogP contribution in [0.3, 0.4) is 0 Å². The Morgan fingerprint density at radius 1 is 1.00 bits per heavy atom. The molecule has 0 saturated carbocycles. The molecule has 0 aliphatic carbocycles. The van der Waals surface area contributed by atoms with Crippen molar-refractivity contribution < 1.29 is 18.0 Å². The molecular formula is C15H11ClF3NO. The van der Waals surface area contributed by atoms with Crippen LogP contribution in [0.1, 0.15) is 21.5 Å². The maximum absolute atomic E-state index is 13.0. The van der Waals surface area contributed by atoms with Gasteiger partial charge in [-0.2, -0.15) is 0 Å². The molecule has 0 aliphatic rings. The molecule has 0 atom stereocenters. The standard InChI is InChI=1S/C15H11ClF3NO/c16-7-9-1-3-10(4-2-9)8-20-15(21)11-5-12(17)14(19)13(18)6-11/h1-6H,7-8H2,(H,20,21). The van der Waals surface area contributed by atoms with Gasteiger partial charge in [0.15, 0.2) is 17.5 Å². The molecule has 0 spiro atoms. The molecule has 1 N–H and O–H groups in total. The van der Waals surface area contributed by atoms with E-state index in [4.69, 9.17) is 11.6 Å². The van der Waals surface area contributed by atoms with Gasteiger partial charge in [0.1, 0.15) is 0 Å². The minimum atomic E-state index is -1.59. The summed E-state index contributed by atoms with van der Waals surface area (Å²) in [5.74, 6) is -4.68. The summed E-state index contributed by atoms with van der Waals surface area (Å²) in [5, 5.41) is 2.50. The van der Waals surface area contributed by atoms with Crippen LogP contribution < -0.4 is 5.32 Å². The van der Waals surface area contributed by atoms with Crippen LogP contribution in [0.2, 0.25) is 0 Å². The van der Waals surface area contributed by atoms with E-state index in [1.807, 2.05) is 12.1 Å². The maximum atomic E-state index is 13.0. The number of rotatable bonds is 4. The molecule has 2 nitrogen and oxygen atoms in total. The van der Waals surface area contributed by atoms with Crippen LogP contribution in [0.5, 0.6) is 0 Å². The molecule has 0 radical (unpaired) electrons. The number of benzene rings is 2. The lowest BCUT2D eigenvalue weighted by atomic mass is 10.1. The lowest BCUT2D eigenvalue weighted by molar-refractivity contribution is 0.0949. The third kappa shape index (κ3) is 3.76. The summed E-state index contributed by atoms with van der Waals surface area (Å²) in [6.07, 6.45) is 0. The molecule has 0 aromatic heterocycles. The van der Waals surface area contributed by atoms with E-state index in [1.54, 1.807) is 12.1 Å². The average molecular weight is 314 g/mol. The smallest absolute Gasteiger partial charge is 0.251 e. The van der Waals surface area contributed by atoms with E-state index in [9.17, 15) is 18.0 Å². The highest BCUT2D eigenvalue weighted by molar-refractivity contribution is 6.17. The lowest BCUT2D eigenvalue weighted by Gasteiger charge is -2.07. The maximum Gasteiger partial charge on any atom is 0.251 e. The van der Waals surface area contributed by atoms with Crippen LogP contribution in [0, 0.1) is 17.5 Å². The highest BCUT2D eigenvalue weighted by Crippen LogP contribution is 2.14. The zero-order valence-corrected chi connectivity index (χ0v) is 11.6. The van der Waals surface area contributed by atoms with Gasteiger partial charge in [-0.15, -0.1) is 11.6 Å². The molecule has 2 rings (SSSR count). The van der Waals surface area contributed by atoms with Crippen LogP contribution in [-0.2, 0) is 12.4 Å². The summed E-state index contributed by atoms with van der Waals surface area (Å²) >= 11 is 5.66. The number of carbonyl (C=O) groups excluding carboxylic acids is 1. The normalized spacial score (nSPS) is 10.5. The van der Waals surface area contributed by atoms with Gasteiger partial charge >= 0.3 is 0 Å². The molecule has 6 heteroatoms. The lowest BCUT2D eigenvalue weighted by Crippen LogP contribution is -2.23. The van der Waals surface area contributed by atoms with E-state index >= 15 is 0 Å². The number of hydrogen-bond donors (Lipinski definition) is 1. The number of alkyl halides is 1. The molecule has 2 aromatic rings. The van der Waals surface area contributed by atoms with Crippen LogP contribution in [-0.4, -0.2) is 5.91 Å². The zero-order valence-electron chi connectivity index (χ0n) is 10.8. The highest BCUT2D eigenvalue weighted by Gasteiger charge is 2.14. The minimum Gasteiger partial charge on any atom is -0.348 e. The van der Waals surface area contributed by atoms with Crippen molar-refractivity contribution in [2.45, 2.75) is 12.4 Å². The van der Waals surface area contributed by atoms with E-state index in [2.05, 4.69) is 5.32 Å². The summed E-state index contributed by atoms with van der Waals surface area (Å²) in [6.45, 7) is 0.183. The quantitative estimate of drug-likeness (QED) is 0.675. The Labute approximate surface area is 124 Å². The Hall–Kier alpha value is -2.01. The van der Waals surface area contributed by atoms with Gasteiger partial charge in [-0.1, -0.05) is 24.3 Å². The van der Waals surface area contributed by atoms with Gasteiger partial charge in [-0.05, 0) is 23.3 Å². The molecule has 0 heterocycles. The van der Waals surface area contributed by atoms with E-state index in [0.717, 1.165) is 11.1 Å². The third-order valence-corrected chi connectivity index (χ3v) is 3.18.